The molecule has 2 nitrogen and oxygen atoms in total. The number of Topliss-reactive ketones (excluding diaryl/α,β-unsaturated/α-hetero) is 1. The first-order valence-electron chi connectivity index (χ1n) is 5.86. The minimum Gasteiger partial charge on any atom is -0.385 e. The van der Waals surface area contributed by atoms with E-state index in [2.05, 4.69) is 5.32 Å². The summed E-state index contributed by atoms with van der Waals surface area (Å²) >= 11 is 0. The molecule has 1 N–H and O–H groups in total. The molecule has 0 unspecified atom stereocenters. The molecule has 1 aromatic carbocycles. The third kappa shape index (κ3) is 2.65. The molecule has 17 heavy (non-hydrogen) atoms. The lowest BCUT2D eigenvalue weighted by Crippen LogP contribution is -2.28. The molecule has 0 radical (unpaired) electrons. The van der Waals surface area contributed by atoms with Crippen LogP contribution in [-0.2, 0) is 10.2 Å². The Morgan fingerprint density at radius 1 is 1.41 bits per heavy atom. The summed E-state index contributed by atoms with van der Waals surface area (Å²) < 4.78 is 13.6. The van der Waals surface area contributed by atoms with Crippen molar-refractivity contribution in [2.24, 2.45) is 0 Å². The van der Waals surface area contributed by atoms with Gasteiger partial charge < -0.3 is 5.32 Å². The van der Waals surface area contributed by atoms with Gasteiger partial charge in [0.1, 0.15) is 11.6 Å². The quantitative estimate of drug-likeness (QED) is 0.869. The molecular formula is C14H20FNO. The second-order valence-electron chi connectivity index (χ2n) is 4.84. The van der Waals surface area contributed by atoms with Crippen LogP contribution in [0, 0.1) is 12.7 Å². The SMILES string of the molecule is CCNc1cc(F)cc(C(C)(C)C(C)=O)c1C. The Balaban J connectivity index is 3.39. The summed E-state index contributed by atoms with van der Waals surface area (Å²) in [7, 11) is 0. The van der Waals surface area contributed by atoms with Gasteiger partial charge in [0.05, 0.1) is 0 Å². The van der Waals surface area contributed by atoms with Gasteiger partial charge in [0.25, 0.3) is 0 Å². The van der Waals surface area contributed by atoms with Crippen LogP contribution in [0.15, 0.2) is 12.1 Å². The van der Waals surface area contributed by atoms with Gasteiger partial charge in [-0.15, -0.1) is 0 Å². The third-order valence-corrected chi connectivity index (χ3v) is 3.29. The highest BCUT2D eigenvalue weighted by molar-refractivity contribution is 5.88. The fourth-order valence-corrected chi connectivity index (χ4v) is 1.89. The minimum absolute atomic E-state index is 0.0358. The molecule has 0 aromatic heterocycles. The molecule has 1 aromatic rings. The number of hydrogen-bond acceptors (Lipinski definition) is 2. The number of nitrogens with one attached hydrogen (secondary N) is 1. The van der Waals surface area contributed by atoms with E-state index < -0.39 is 5.41 Å². The molecule has 0 saturated heterocycles. The van der Waals surface area contributed by atoms with Crippen molar-refractivity contribution in [3.05, 3.63) is 29.1 Å². The maximum Gasteiger partial charge on any atom is 0.139 e. The average Bonchev–Trinajstić information content (AvgIpc) is 2.22. The Morgan fingerprint density at radius 2 is 2.00 bits per heavy atom. The topological polar surface area (TPSA) is 29.1 Å². The van der Waals surface area contributed by atoms with Gasteiger partial charge in [0.15, 0.2) is 0 Å². The lowest BCUT2D eigenvalue weighted by molar-refractivity contribution is -0.121. The van der Waals surface area contributed by atoms with E-state index in [4.69, 9.17) is 0 Å². The van der Waals surface area contributed by atoms with Crippen molar-refractivity contribution in [1.82, 2.24) is 0 Å². The predicted molar refractivity (Wildman–Crippen MR) is 69.0 cm³/mol. The van der Waals surface area contributed by atoms with E-state index in [-0.39, 0.29) is 11.6 Å². The van der Waals surface area contributed by atoms with E-state index in [1.807, 2.05) is 27.7 Å². The van der Waals surface area contributed by atoms with Gasteiger partial charge in [0, 0.05) is 17.6 Å². The van der Waals surface area contributed by atoms with Crippen molar-refractivity contribution >= 4 is 11.5 Å². The number of hydrogen-bond donors (Lipinski definition) is 1. The largest absolute Gasteiger partial charge is 0.385 e. The predicted octanol–water partition coefficient (Wildman–Crippen LogP) is 3.43. The van der Waals surface area contributed by atoms with Crippen LogP contribution in [-0.4, -0.2) is 12.3 Å². The van der Waals surface area contributed by atoms with Crippen LogP contribution >= 0.6 is 0 Å². The van der Waals surface area contributed by atoms with Crippen LogP contribution in [0.3, 0.4) is 0 Å². The summed E-state index contributed by atoms with van der Waals surface area (Å²) in [5.41, 5.74) is 1.79. The van der Waals surface area contributed by atoms with Crippen molar-refractivity contribution in [2.75, 3.05) is 11.9 Å². The highest BCUT2D eigenvalue weighted by Crippen LogP contribution is 2.32. The van der Waals surface area contributed by atoms with Gasteiger partial charge in [-0.25, -0.2) is 4.39 Å². The van der Waals surface area contributed by atoms with Crippen molar-refractivity contribution in [2.45, 2.75) is 40.0 Å². The number of carbonyl (C=O) groups excluding carboxylic acids is 1. The fraction of sp³-hybridized carbons (Fsp3) is 0.500. The Labute approximate surface area is 102 Å². The van der Waals surface area contributed by atoms with Crippen LogP contribution in [0.1, 0.15) is 38.8 Å². The molecule has 0 aliphatic rings. The standard InChI is InChI=1S/C14H20FNO/c1-6-16-13-8-11(15)7-12(9(13)2)14(4,5)10(3)17/h7-8,16H,6H2,1-5H3. The maximum atomic E-state index is 13.6. The number of anilines is 1. The zero-order chi connectivity index (χ0) is 13.2. The van der Waals surface area contributed by atoms with Crippen molar-refractivity contribution in [3.63, 3.8) is 0 Å². The van der Waals surface area contributed by atoms with Crippen molar-refractivity contribution in [1.29, 1.82) is 0 Å². The molecule has 0 aliphatic carbocycles. The molecule has 3 heteroatoms. The van der Waals surface area contributed by atoms with Crippen LogP contribution in [0.2, 0.25) is 0 Å². The molecule has 0 saturated carbocycles. The van der Waals surface area contributed by atoms with E-state index in [0.717, 1.165) is 23.4 Å². The summed E-state index contributed by atoms with van der Waals surface area (Å²) in [5, 5.41) is 3.12. The van der Waals surface area contributed by atoms with Gasteiger partial charge in [-0.1, -0.05) is 0 Å². The molecule has 0 spiro atoms. The fourth-order valence-electron chi connectivity index (χ4n) is 1.89. The lowest BCUT2D eigenvalue weighted by Gasteiger charge is -2.25. The number of ketones is 1. The van der Waals surface area contributed by atoms with Gasteiger partial charge in [-0.05, 0) is 57.9 Å². The van der Waals surface area contributed by atoms with Crippen LogP contribution < -0.4 is 5.32 Å². The normalized spacial score (nSPS) is 11.4. The van der Waals surface area contributed by atoms with Gasteiger partial charge >= 0.3 is 0 Å². The van der Waals surface area contributed by atoms with E-state index in [9.17, 15) is 9.18 Å². The molecule has 0 amide bonds. The second-order valence-corrected chi connectivity index (χ2v) is 4.84. The summed E-state index contributed by atoms with van der Waals surface area (Å²) in [6.07, 6.45) is 0. The second kappa shape index (κ2) is 4.86. The Bertz CT molecular complexity index is 438. The number of benzene rings is 1. The van der Waals surface area contributed by atoms with Gasteiger partial charge in [-0.3, -0.25) is 4.79 Å². The van der Waals surface area contributed by atoms with E-state index in [1.54, 1.807) is 0 Å². The Morgan fingerprint density at radius 3 is 2.47 bits per heavy atom. The van der Waals surface area contributed by atoms with Gasteiger partial charge in [0.2, 0.25) is 0 Å². The number of carbonyl (C=O) groups is 1. The summed E-state index contributed by atoms with van der Waals surface area (Å²) in [6, 6.07) is 2.93. The zero-order valence-electron chi connectivity index (χ0n) is 11.1. The van der Waals surface area contributed by atoms with E-state index >= 15 is 0 Å². The van der Waals surface area contributed by atoms with Crippen LogP contribution in [0.5, 0.6) is 0 Å². The molecule has 1 rings (SSSR count). The molecule has 0 fully saturated rings. The summed E-state index contributed by atoms with van der Waals surface area (Å²) in [4.78, 5) is 11.7. The monoisotopic (exact) mass is 237 g/mol. The number of halogens is 1. The maximum absolute atomic E-state index is 13.6. The molecule has 0 bridgehead atoms. The Hall–Kier alpha value is -1.38. The molecule has 0 heterocycles. The van der Waals surface area contributed by atoms with Crippen LogP contribution in [0.25, 0.3) is 0 Å². The summed E-state index contributed by atoms with van der Waals surface area (Å²) in [6.45, 7) is 9.79. The molecular weight excluding hydrogens is 217 g/mol. The highest BCUT2D eigenvalue weighted by atomic mass is 19.1. The van der Waals surface area contributed by atoms with Crippen molar-refractivity contribution in [3.8, 4) is 0 Å². The highest BCUT2D eigenvalue weighted by Gasteiger charge is 2.29. The van der Waals surface area contributed by atoms with E-state index in [1.165, 1.54) is 19.1 Å². The Kier molecular flexibility index (Phi) is 3.91. The smallest absolute Gasteiger partial charge is 0.139 e. The van der Waals surface area contributed by atoms with E-state index in [0.29, 0.717) is 0 Å². The minimum atomic E-state index is -0.656. The first-order chi connectivity index (χ1) is 7.80. The molecule has 94 valence electrons. The third-order valence-electron chi connectivity index (χ3n) is 3.29. The first-order valence-corrected chi connectivity index (χ1v) is 5.86. The zero-order valence-corrected chi connectivity index (χ0v) is 11.1. The first kappa shape index (κ1) is 13.7. The van der Waals surface area contributed by atoms with Crippen molar-refractivity contribution < 1.29 is 9.18 Å². The molecule has 0 atom stereocenters. The number of rotatable bonds is 4. The lowest BCUT2D eigenvalue weighted by atomic mass is 9.78. The van der Waals surface area contributed by atoms with Crippen LogP contribution in [0.4, 0.5) is 10.1 Å². The van der Waals surface area contributed by atoms with Gasteiger partial charge in [-0.2, -0.15) is 0 Å². The summed E-state index contributed by atoms with van der Waals surface area (Å²) in [5.74, 6) is -0.274. The molecule has 0 aliphatic heterocycles. The average molecular weight is 237 g/mol.